The van der Waals surface area contributed by atoms with Crippen molar-refractivity contribution >= 4 is 5.96 Å². The summed E-state index contributed by atoms with van der Waals surface area (Å²) in [4.78, 5) is 4.42. The summed E-state index contributed by atoms with van der Waals surface area (Å²) >= 11 is 0. The molecule has 0 amide bonds. The molecule has 0 heterocycles. The standard InChI is InChI=1S/C17H26F3N3O3/c1-3-21-16(22-8-9-25-2)23-11-14(12-24)10-13-4-6-15(7-5-13)26-17(18,19)20/h4-7,14,24H,3,8-12H2,1-2H3,(H2,21,22,23). The SMILES string of the molecule is CCNC(=NCC(CO)Cc1ccc(OC(F)(F)F)cc1)NCCOC. The number of hydrogen-bond donors (Lipinski definition) is 3. The van der Waals surface area contributed by atoms with E-state index in [1.54, 1.807) is 19.2 Å². The van der Waals surface area contributed by atoms with Crippen LogP contribution >= 0.6 is 0 Å². The highest BCUT2D eigenvalue weighted by molar-refractivity contribution is 5.79. The lowest BCUT2D eigenvalue weighted by atomic mass is 10.0. The zero-order chi connectivity index (χ0) is 19.4. The van der Waals surface area contributed by atoms with Gasteiger partial charge in [-0.1, -0.05) is 12.1 Å². The second kappa shape index (κ2) is 11.6. The fourth-order valence-corrected chi connectivity index (χ4v) is 2.18. The third-order valence-corrected chi connectivity index (χ3v) is 3.39. The number of guanidine groups is 1. The van der Waals surface area contributed by atoms with Crippen LogP contribution < -0.4 is 15.4 Å². The van der Waals surface area contributed by atoms with Gasteiger partial charge in [-0.15, -0.1) is 13.2 Å². The molecule has 0 aliphatic heterocycles. The Morgan fingerprint density at radius 1 is 1.23 bits per heavy atom. The first kappa shape index (κ1) is 22.0. The van der Waals surface area contributed by atoms with Gasteiger partial charge >= 0.3 is 6.36 Å². The van der Waals surface area contributed by atoms with Crippen molar-refractivity contribution in [3.63, 3.8) is 0 Å². The lowest BCUT2D eigenvalue weighted by Crippen LogP contribution is -2.39. The zero-order valence-electron chi connectivity index (χ0n) is 15.0. The molecule has 0 spiro atoms. The van der Waals surface area contributed by atoms with Crippen LogP contribution in [0.1, 0.15) is 12.5 Å². The van der Waals surface area contributed by atoms with Gasteiger partial charge < -0.3 is 25.2 Å². The predicted octanol–water partition coefficient (Wildman–Crippen LogP) is 1.94. The van der Waals surface area contributed by atoms with Crippen molar-refractivity contribution in [1.29, 1.82) is 0 Å². The minimum atomic E-state index is -4.71. The number of alkyl halides is 3. The summed E-state index contributed by atoms with van der Waals surface area (Å²) in [6.07, 6.45) is -4.22. The third-order valence-electron chi connectivity index (χ3n) is 3.39. The lowest BCUT2D eigenvalue weighted by molar-refractivity contribution is -0.274. The van der Waals surface area contributed by atoms with Crippen molar-refractivity contribution in [1.82, 2.24) is 10.6 Å². The number of hydrogen-bond acceptors (Lipinski definition) is 4. The van der Waals surface area contributed by atoms with E-state index in [1.807, 2.05) is 6.92 Å². The van der Waals surface area contributed by atoms with Crippen molar-refractivity contribution in [3.8, 4) is 5.75 Å². The number of aliphatic imine (C=N–C) groups is 1. The summed E-state index contributed by atoms with van der Waals surface area (Å²) in [5.74, 6) is 0.204. The minimum absolute atomic E-state index is 0.0816. The average Bonchev–Trinajstić information content (AvgIpc) is 2.58. The number of halogens is 3. The molecule has 3 N–H and O–H groups in total. The van der Waals surface area contributed by atoms with Crippen LogP contribution in [-0.4, -0.2) is 57.4 Å². The molecule has 0 saturated heterocycles. The largest absolute Gasteiger partial charge is 0.573 e. The Morgan fingerprint density at radius 2 is 1.92 bits per heavy atom. The van der Waals surface area contributed by atoms with E-state index in [1.165, 1.54) is 12.1 Å². The summed E-state index contributed by atoms with van der Waals surface area (Å²) in [5, 5.41) is 15.7. The van der Waals surface area contributed by atoms with Crippen LogP contribution in [0.15, 0.2) is 29.3 Å². The van der Waals surface area contributed by atoms with E-state index in [2.05, 4.69) is 20.4 Å². The Labute approximate surface area is 151 Å². The van der Waals surface area contributed by atoms with Crippen molar-refractivity contribution in [2.24, 2.45) is 10.9 Å². The number of ether oxygens (including phenoxy) is 2. The Morgan fingerprint density at radius 3 is 2.46 bits per heavy atom. The van der Waals surface area contributed by atoms with Crippen LogP contribution in [-0.2, 0) is 11.2 Å². The van der Waals surface area contributed by atoms with Crippen molar-refractivity contribution in [2.45, 2.75) is 19.7 Å². The number of nitrogens with zero attached hydrogens (tertiary/aromatic N) is 1. The molecule has 0 aromatic heterocycles. The molecule has 9 heteroatoms. The maximum atomic E-state index is 12.2. The van der Waals surface area contributed by atoms with Gasteiger partial charge in [0.25, 0.3) is 0 Å². The van der Waals surface area contributed by atoms with E-state index < -0.39 is 6.36 Å². The van der Waals surface area contributed by atoms with Crippen LogP contribution in [0.5, 0.6) is 5.75 Å². The Kier molecular flexibility index (Phi) is 9.82. The average molecular weight is 377 g/mol. The van der Waals surface area contributed by atoms with Gasteiger partial charge in [-0.25, -0.2) is 0 Å². The molecule has 1 atom stereocenters. The van der Waals surface area contributed by atoms with Crippen LogP contribution in [0.4, 0.5) is 13.2 Å². The van der Waals surface area contributed by atoms with E-state index in [9.17, 15) is 18.3 Å². The van der Waals surface area contributed by atoms with Gasteiger partial charge in [-0.2, -0.15) is 0 Å². The number of benzene rings is 1. The fourth-order valence-electron chi connectivity index (χ4n) is 2.18. The molecular formula is C17H26F3N3O3. The summed E-state index contributed by atoms with van der Waals surface area (Å²) in [5.41, 5.74) is 0.797. The first-order valence-electron chi connectivity index (χ1n) is 8.34. The number of rotatable bonds is 10. The summed E-state index contributed by atoms with van der Waals surface area (Å²) in [7, 11) is 1.61. The molecule has 0 radical (unpaired) electrons. The molecule has 0 fully saturated rings. The van der Waals surface area contributed by atoms with E-state index >= 15 is 0 Å². The molecule has 6 nitrogen and oxygen atoms in total. The summed E-state index contributed by atoms with van der Waals surface area (Å²) in [6.45, 7) is 4.08. The van der Waals surface area contributed by atoms with Gasteiger partial charge in [0.2, 0.25) is 0 Å². The number of aliphatic hydroxyl groups excluding tert-OH is 1. The maximum Gasteiger partial charge on any atom is 0.573 e. The summed E-state index contributed by atoms with van der Waals surface area (Å²) in [6, 6.07) is 5.62. The van der Waals surface area contributed by atoms with Crippen molar-refractivity contribution < 1.29 is 27.8 Å². The topological polar surface area (TPSA) is 75.1 Å². The molecule has 1 rings (SSSR count). The molecule has 1 aromatic carbocycles. The molecule has 1 unspecified atom stereocenters. The predicted molar refractivity (Wildman–Crippen MR) is 93.3 cm³/mol. The van der Waals surface area contributed by atoms with Gasteiger partial charge in [-0.3, -0.25) is 4.99 Å². The van der Waals surface area contributed by atoms with Crippen LogP contribution in [0.2, 0.25) is 0 Å². The maximum absolute atomic E-state index is 12.2. The van der Waals surface area contributed by atoms with Crippen molar-refractivity contribution in [3.05, 3.63) is 29.8 Å². The monoisotopic (exact) mass is 377 g/mol. The highest BCUT2D eigenvalue weighted by atomic mass is 19.4. The first-order valence-corrected chi connectivity index (χ1v) is 8.34. The number of aliphatic hydroxyl groups is 1. The van der Waals surface area contributed by atoms with Gasteiger partial charge in [-0.05, 0) is 31.0 Å². The van der Waals surface area contributed by atoms with Gasteiger partial charge in [0.1, 0.15) is 5.75 Å². The highest BCUT2D eigenvalue weighted by Gasteiger charge is 2.30. The van der Waals surface area contributed by atoms with Crippen LogP contribution in [0.3, 0.4) is 0 Å². The lowest BCUT2D eigenvalue weighted by Gasteiger charge is -2.15. The molecule has 0 saturated carbocycles. The smallest absolute Gasteiger partial charge is 0.406 e. The molecule has 1 aromatic rings. The van der Waals surface area contributed by atoms with Gasteiger partial charge in [0.05, 0.1) is 6.61 Å². The van der Waals surface area contributed by atoms with Crippen LogP contribution in [0.25, 0.3) is 0 Å². The van der Waals surface area contributed by atoms with Gasteiger partial charge in [0, 0.05) is 39.3 Å². The first-order chi connectivity index (χ1) is 12.4. The Hall–Kier alpha value is -2.00. The number of nitrogens with one attached hydrogen (secondary N) is 2. The third kappa shape index (κ3) is 9.47. The second-order valence-corrected chi connectivity index (χ2v) is 5.58. The Balaban J connectivity index is 2.60. The molecule has 0 aliphatic rings. The molecule has 0 aliphatic carbocycles. The zero-order valence-corrected chi connectivity index (χ0v) is 15.0. The van der Waals surface area contributed by atoms with E-state index in [-0.39, 0.29) is 18.3 Å². The highest BCUT2D eigenvalue weighted by Crippen LogP contribution is 2.23. The van der Waals surface area contributed by atoms with E-state index in [0.29, 0.717) is 38.6 Å². The number of methoxy groups -OCH3 is 1. The molecule has 26 heavy (non-hydrogen) atoms. The quantitative estimate of drug-likeness (QED) is 0.330. The Bertz CT molecular complexity index is 536. The summed E-state index contributed by atoms with van der Waals surface area (Å²) < 4.78 is 45.3. The minimum Gasteiger partial charge on any atom is -0.406 e. The van der Waals surface area contributed by atoms with Crippen LogP contribution in [0, 0.1) is 5.92 Å². The van der Waals surface area contributed by atoms with E-state index in [4.69, 9.17) is 4.74 Å². The normalized spacial score (nSPS) is 13.4. The molecular weight excluding hydrogens is 351 g/mol. The second-order valence-electron chi connectivity index (χ2n) is 5.58. The molecule has 0 bridgehead atoms. The van der Waals surface area contributed by atoms with E-state index in [0.717, 1.165) is 5.56 Å². The van der Waals surface area contributed by atoms with Crippen molar-refractivity contribution in [2.75, 3.05) is 40.0 Å². The van der Waals surface area contributed by atoms with Gasteiger partial charge in [0.15, 0.2) is 5.96 Å². The fraction of sp³-hybridized carbons (Fsp3) is 0.588. The molecule has 148 valence electrons.